The Morgan fingerprint density at radius 2 is 2.24 bits per heavy atom. The third-order valence-corrected chi connectivity index (χ3v) is 3.12. The predicted molar refractivity (Wildman–Crippen MR) is 78.9 cm³/mol. The van der Waals surface area contributed by atoms with Crippen LogP contribution in [0.4, 0.5) is 5.69 Å². The van der Waals surface area contributed by atoms with Crippen LogP contribution in [0.5, 0.6) is 0 Å². The smallest absolute Gasteiger partial charge is 0.339 e. The van der Waals surface area contributed by atoms with Crippen LogP contribution in [-0.2, 0) is 9.53 Å². The highest BCUT2D eigenvalue weighted by Crippen LogP contribution is 2.26. The summed E-state index contributed by atoms with van der Waals surface area (Å²) < 4.78 is 5.20. The molecule has 1 N–H and O–H groups in total. The third-order valence-electron chi connectivity index (χ3n) is 2.45. The van der Waals surface area contributed by atoms with E-state index < -0.39 is 22.9 Å². The summed E-state index contributed by atoms with van der Waals surface area (Å²) in [7, 11) is 0. The monoisotopic (exact) mass is 356 g/mol. The lowest BCUT2D eigenvalue weighted by Crippen LogP contribution is -2.35. The van der Waals surface area contributed by atoms with Crippen LogP contribution in [-0.4, -0.2) is 29.4 Å². The highest BCUT2D eigenvalue weighted by molar-refractivity contribution is 9.10. The molecule has 0 aliphatic carbocycles. The van der Waals surface area contributed by atoms with Crippen LogP contribution in [0.15, 0.2) is 35.3 Å². The molecule has 1 aromatic rings. The van der Waals surface area contributed by atoms with E-state index in [9.17, 15) is 19.7 Å². The van der Waals surface area contributed by atoms with E-state index in [0.717, 1.165) is 6.07 Å². The number of nitro groups is 1. The van der Waals surface area contributed by atoms with Crippen LogP contribution in [0.3, 0.4) is 0 Å². The molecule has 0 unspecified atom stereocenters. The zero-order chi connectivity index (χ0) is 16.0. The molecule has 0 bridgehead atoms. The summed E-state index contributed by atoms with van der Waals surface area (Å²) >= 11 is 3.02. The van der Waals surface area contributed by atoms with Gasteiger partial charge in [-0.2, -0.15) is 0 Å². The lowest BCUT2D eigenvalue weighted by molar-refractivity contribution is -0.385. The summed E-state index contributed by atoms with van der Waals surface area (Å²) in [5, 5.41) is 13.3. The molecule has 7 nitrogen and oxygen atoms in total. The van der Waals surface area contributed by atoms with Gasteiger partial charge in [-0.3, -0.25) is 14.9 Å². The molecule has 0 radical (unpaired) electrons. The number of nitro benzene ring substituents is 1. The second kappa shape index (κ2) is 7.53. The number of ether oxygens (including phenoxy) is 1. The first-order valence-corrected chi connectivity index (χ1v) is 6.69. The fourth-order valence-electron chi connectivity index (χ4n) is 1.38. The molecule has 0 saturated carbocycles. The Bertz CT molecular complexity index is 588. The van der Waals surface area contributed by atoms with Crippen molar-refractivity contribution in [3.8, 4) is 0 Å². The van der Waals surface area contributed by atoms with Crippen molar-refractivity contribution in [3.05, 3.63) is 51.0 Å². The zero-order valence-electron chi connectivity index (χ0n) is 11.2. The van der Waals surface area contributed by atoms with Crippen LogP contribution < -0.4 is 5.32 Å². The zero-order valence-corrected chi connectivity index (χ0v) is 12.8. The number of halogens is 1. The van der Waals surface area contributed by atoms with Gasteiger partial charge in [0.15, 0.2) is 6.10 Å². The Balaban J connectivity index is 2.80. The lowest BCUT2D eigenvalue weighted by Gasteiger charge is -2.12. The van der Waals surface area contributed by atoms with Gasteiger partial charge in [0.2, 0.25) is 0 Å². The Kier molecular flexibility index (Phi) is 6.04. The number of carbonyl (C=O) groups is 2. The van der Waals surface area contributed by atoms with E-state index >= 15 is 0 Å². The van der Waals surface area contributed by atoms with Gasteiger partial charge in [-0.15, -0.1) is 6.58 Å². The molecule has 21 heavy (non-hydrogen) atoms. The minimum Gasteiger partial charge on any atom is -0.449 e. The number of rotatable bonds is 6. The maximum atomic E-state index is 11.9. The van der Waals surface area contributed by atoms with Crippen LogP contribution >= 0.6 is 15.9 Å². The number of nitrogens with one attached hydrogen (secondary N) is 1. The first-order chi connectivity index (χ1) is 9.86. The van der Waals surface area contributed by atoms with E-state index in [4.69, 9.17) is 4.74 Å². The molecule has 0 aromatic heterocycles. The molecule has 1 aromatic carbocycles. The van der Waals surface area contributed by atoms with Crippen molar-refractivity contribution in [3.63, 3.8) is 0 Å². The average Bonchev–Trinajstić information content (AvgIpc) is 2.44. The Labute approximate surface area is 129 Å². The van der Waals surface area contributed by atoms with Crippen molar-refractivity contribution in [2.75, 3.05) is 6.54 Å². The van der Waals surface area contributed by atoms with Gasteiger partial charge in [0.1, 0.15) is 0 Å². The van der Waals surface area contributed by atoms with Gasteiger partial charge in [-0.05, 0) is 35.0 Å². The maximum Gasteiger partial charge on any atom is 0.339 e. The van der Waals surface area contributed by atoms with Crippen molar-refractivity contribution >= 4 is 33.5 Å². The molecule has 1 atom stereocenters. The predicted octanol–water partition coefficient (Wildman–Crippen LogP) is 2.20. The molecule has 0 fully saturated rings. The number of esters is 1. The summed E-state index contributed by atoms with van der Waals surface area (Å²) in [5.74, 6) is -1.29. The van der Waals surface area contributed by atoms with Crippen LogP contribution in [0.2, 0.25) is 0 Å². The van der Waals surface area contributed by atoms with Gasteiger partial charge >= 0.3 is 5.97 Å². The molecular formula is C13H13BrN2O5. The summed E-state index contributed by atoms with van der Waals surface area (Å²) in [5.41, 5.74) is -0.263. The molecule has 0 aliphatic rings. The fourth-order valence-corrected chi connectivity index (χ4v) is 1.77. The standard InChI is InChI=1S/C13H13BrN2O5/c1-3-6-15-12(17)8(2)21-13(18)9-4-5-10(14)11(7-9)16(19)20/h3-5,7-8H,1,6H2,2H3,(H,15,17)/t8-/m1/s1. The number of hydrogen-bond donors (Lipinski definition) is 1. The summed E-state index contributed by atoms with van der Waals surface area (Å²) in [6.07, 6.45) is 0.477. The fraction of sp³-hybridized carbons (Fsp3) is 0.231. The molecule has 8 heteroatoms. The van der Waals surface area contributed by atoms with Crippen molar-refractivity contribution in [2.24, 2.45) is 0 Å². The third kappa shape index (κ3) is 4.67. The number of hydrogen-bond acceptors (Lipinski definition) is 5. The van der Waals surface area contributed by atoms with E-state index in [2.05, 4.69) is 27.8 Å². The van der Waals surface area contributed by atoms with Gasteiger partial charge in [-0.25, -0.2) is 4.79 Å². The molecule has 1 rings (SSSR count). The van der Waals surface area contributed by atoms with E-state index in [1.807, 2.05) is 0 Å². The van der Waals surface area contributed by atoms with Gasteiger partial charge < -0.3 is 10.1 Å². The molecule has 0 spiro atoms. The number of carbonyl (C=O) groups excluding carboxylic acids is 2. The number of nitrogens with zero attached hydrogens (tertiary/aromatic N) is 1. The number of amides is 1. The largest absolute Gasteiger partial charge is 0.449 e. The topological polar surface area (TPSA) is 98.5 Å². The van der Waals surface area contributed by atoms with E-state index in [0.29, 0.717) is 0 Å². The van der Waals surface area contributed by atoms with Crippen LogP contribution in [0.1, 0.15) is 17.3 Å². The lowest BCUT2D eigenvalue weighted by atomic mass is 10.2. The molecular weight excluding hydrogens is 344 g/mol. The minimum absolute atomic E-state index is 0.00623. The van der Waals surface area contributed by atoms with Gasteiger partial charge in [0, 0.05) is 12.6 Å². The molecule has 1 amide bonds. The highest BCUT2D eigenvalue weighted by Gasteiger charge is 2.21. The van der Waals surface area contributed by atoms with Crippen molar-refractivity contribution in [1.82, 2.24) is 5.32 Å². The van der Waals surface area contributed by atoms with Crippen molar-refractivity contribution in [1.29, 1.82) is 0 Å². The van der Waals surface area contributed by atoms with E-state index in [-0.39, 0.29) is 22.3 Å². The summed E-state index contributed by atoms with van der Waals surface area (Å²) in [4.78, 5) is 33.6. The minimum atomic E-state index is -1.01. The quantitative estimate of drug-likeness (QED) is 0.364. The second-order valence-electron chi connectivity index (χ2n) is 4.00. The average molecular weight is 357 g/mol. The maximum absolute atomic E-state index is 11.9. The second-order valence-corrected chi connectivity index (χ2v) is 4.86. The first kappa shape index (κ1) is 16.8. The first-order valence-electron chi connectivity index (χ1n) is 5.90. The van der Waals surface area contributed by atoms with E-state index in [1.165, 1.54) is 25.1 Å². The number of benzene rings is 1. The Morgan fingerprint density at radius 1 is 1.57 bits per heavy atom. The van der Waals surface area contributed by atoms with E-state index in [1.54, 1.807) is 0 Å². The van der Waals surface area contributed by atoms with Crippen LogP contribution in [0.25, 0.3) is 0 Å². The molecule has 0 saturated heterocycles. The molecule has 0 aliphatic heterocycles. The normalized spacial score (nSPS) is 11.3. The molecule has 112 valence electrons. The Morgan fingerprint density at radius 3 is 2.81 bits per heavy atom. The van der Waals surface area contributed by atoms with Crippen molar-refractivity contribution in [2.45, 2.75) is 13.0 Å². The molecule has 0 heterocycles. The Hall–Kier alpha value is -2.22. The summed E-state index contributed by atoms with van der Waals surface area (Å²) in [6.45, 7) is 5.10. The van der Waals surface area contributed by atoms with Gasteiger partial charge in [0.25, 0.3) is 11.6 Å². The van der Waals surface area contributed by atoms with Crippen molar-refractivity contribution < 1.29 is 19.2 Å². The SMILES string of the molecule is C=CCNC(=O)[C@@H](C)OC(=O)c1ccc(Br)c([N+](=O)[O-])c1. The summed E-state index contributed by atoms with van der Waals surface area (Å²) in [6, 6.07) is 3.83. The van der Waals surface area contributed by atoms with Gasteiger partial charge in [0.05, 0.1) is 15.0 Å². The highest BCUT2D eigenvalue weighted by atomic mass is 79.9. The van der Waals surface area contributed by atoms with Gasteiger partial charge in [-0.1, -0.05) is 6.08 Å². The van der Waals surface area contributed by atoms with Crippen LogP contribution in [0, 0.1) is 10.1 Å².